The largest absolute Gasteiger partial charge is 0.205 e. The summed E-state index contributed by atoms with van der Waals surface area (Å²) in [7, 11) is 0. The minimum absolute atomic E-state index is 0.138. The Bertz CT molecular complexity index is 292. The van der Waals surface area contributed by atoms with Crippen LogP contribution in [0, 0.1) is 12.7 Å². The Labute approximate surface area is 80.9 Å². The third-order valence-electron chi connectivity index (χ3n) is 2.00. The molecule has 0 aliphatic carbocycles. The van der Waals surface area contributed by atoms with Crippen LogP contribution in [0.15, 0.2) is 16.6 Å². The van der Waals surface area contributed by atoms with Crippen molar-refractivity contribution < 1.29 is 4.39 Å². The first-order valence-corrected chi connectivity index (χ1v) is 4.78. The van der Waals surface area contributed by atoms with E-state index in [9.17, 15) is 4.39 Å². The molecule has 0 aromatic heterocycles. The molecule has 0 aliphatic heterocycles. The second-order valence-corrected chi connectivity index (χ2v) is 4.08. The highest BCUT2D eigenvalue weighted by molar-refractivity contribution is 9.10. The Hall–Kier alpha value is -0.370. The molecule has 0 radical (unpaired) electrons. The van der Waals surface area contributed by atoms with Crippen LogP contribution in [0.5, 0.6) is 0 Å². The summed E-state index contributed by atoms with van der Waals surface area (Å²) < 4.78 is 13.9. The second-order valence-electron chi connectivity index (χ2n) is 3.23. The summed E-state index contributed by atoms with van der Waals surface area (Å²) in [6.07, 6.45) is 0. The van der Waals surface area contributed by atoms with Gasteiger partial charge in [0.15, 0.2) is 0 Å². The molecule has 1 rings (SSSR count). The minimum Gasteiger partial charge on any atom is -0.205 e. The van der Waals surface area contributed by atoms with Crippen LogP contribution < -0.4 is 0 Å². The molecule has 1 aromatic rings. The average molecular weight is 231 g/mol. The van der Waals surface area contributed by atoms with Gasteiger partial charge in [-0.1, -0.05) is 19.9 Å². The van der Waals surface area contributed by atoms with Crippen molar-refractivity contribution in [1.82, 2.24) is 0 Å². The van der Waals surface area contributed by atoms with Crippen molar-refractivity contribution in [3.63, 3.8) is 0 Å². The summed E-state index contributed by atoms with van der Waals surface area (Å²) in [5.41, 5.74) is 1.83. The number of hydrogen-bond donors (Lipinski definition) is 0. The monoisotopic (exact) mass is 230 g/mol. The molecule has 66 valence electrons. The minimum atomic E-state index is -0.138. The van der Waals surface area contributed by atoms with Gasteiger partial charge in [0.05, 0.1) is 4.47 Å². The maximum Gasteiger partial charge on any atom is 0.140 e. The average Bonchev–Trinajstić information content (AvgIpc) is 2.00. The van der Waals surface area contributed by atoms with Gasteiger partial charge in [-0.3, -0.25) is 0 Å². The number of hydrogen-bond acceptors (Lipinski definition) is 0. The van der Waals surface area contributed by atoms with E-state index in [-0.39, 0.29) is 5.82 Å². The lowest BCUT2D eigenvalue weighted by Gasteiger charge is -2.10. The van der Waals surface area contributed by atoms with Crippen LogP contribution in [-0.4, -0.2) is 0 Å². The molecule has 2 heteroatoms. The van der Waals surface area contributed by atoms with Crippen LogP contribution in [0.2, 0.25) is 0 Å². The topological polar surface area (TPSA) is 0 Å². The first-order valence-electron chi connectivity index (χ1n) is 3.98. The SMILES string of the molecule is Cc1c(C(C)C)ccc(Br)c1F. The molecule has 1 aromatic carbocycles. The van der Waals surface area contributed by atoms with Crippen molar-refractivity contribution in [2.75, 3.05) is 0 Å². The number of benzene rings is 1. The summed E-state index contributed by atoms with van der Waals surface area (Å²) in [5.74, 6) is 0.244. The van der Waals surface area contributed by atoms with E-state index in [2.05, 4.69) is 29.8 Å². The van der Waals surface area contributed by atoms with Crippen LogP contribution in [0.25, 0.3) is 0 Å². The molecule has 0 saturated carbocycles. The molecule has 0 nitrogen and oxygen atoms in total. The van der Waals surface area contributed by atoms with E-state index >= 15 is 0 Å². The molecule has 0 aliphatic rings. The Morgan fingerprint density at radius 3 is 2.42 bits per heavy atom. The highest BCUT2D eigenvalue weighted by Gasteiger charge is 2.09. The first-order chi connectivity index (χ1) is 5.54. The molecule has 0 bridgehead atoms. The number of rotatable bonds is 1. The van der Waals surface area contributed by atoms with Gasteiger partial charge in [-0.15, -0.1) is 0 Å². The summed E-state index contributed by atoms with van der Waals surface area (Å²) in [4.78, 5) is 0. The first kappa shape index (κ1) is 9.72. The quantitative estimate of drug-likeness (QED) is 0.684. The predicted octanol–water partition coefficient (Wildman–Crippen LogP) is 4.02. The van der Waals surface area contributed by atoms with Gasteiger partial charge in [0.25, 0.3) is 0 Å². The van der Waals surface area contributed by atoms with E-state index in [0.29, 0.717) is 10.4 Å². The maximum atomic E-state index is 13.3. The summed E-state index contributed by atoms with van der Waals surface area (Å²) in [5, 5.41) is 0. The summed E-state index contributed by atoms with van der Waals surface area (Å²) in [6, 6.07) is 3.73. The van der Waals surface area contributed by atoms with E-state index in [1.54, 1.807) is 6.07 Å². The maximum absolute atomic E-state index is 13.3. The Morgan fingerprint density at radius 2 is 1.92 bits per heavy atom. The van der Waals surface area contributed by atoms with Gasteiger partial charge < -0.3 is 0 Å². The van der Waals surface area contributed by atoms with Crippen molar-refractivity contribution in [3.8, 4) is 0 Å². The molecule has 12 heavy (non-hydrogen) atoms. The predicted molar refractivity (Wildman–Crippen MR) is 52.9 cm³/mol. The number of halogens is 2. The van der Waals surface area contributed by atoms with Crippen molar-refractivity contribution in [1.29, 1.82) is 0 Å². The van der Waals surface area contributed by atoms with Crippen LogP contribution in [0.4, 0.5) is 4.39 Å². The fraction of sp³-hybridized carbons (Fsp3) is 0.400. The van der Waals surface area contributed by atoms with Gasteiger partial charge in [-0.05, 0) is 46.0 Å². The molecular weight excluding hydrogens is 219 g/mol. The van der Waals surface area contributed by atoms with E-state index in [4.69, 9.17) is 0 Å². The van der Waals surface area contributed by atoms with Crippen molar-refractivity contribution in [3.05, 3.63) is 33.5 Å². The standard InChI is InChI=1S/C10H12BrF/c1-6(2)8-4-5-9(11)10(12)7(8)3/h4-6H,1-3H3. The van der Waals surface area contributed by atoms with Gasteiger partial charge in [0.1, 0.15) is 5.82 Å². The second kappa shape index (κ2) is 3.56. The zero-order valence-corrected chi connectivity index (χ0v) is 9.07. The van der Waals surface area contributed by atoms with Gasteiger partial charge in [0, 0.05) is 0 Å². The smallest absolute Gasteiger partial charge is 0.140 e. The molecule has 0 saturated heterocycles. The Balaban J connectivity index is 3.27. The fourth-order valence-corrected chi connectivity index (χ4v) is 1.72. The van der Waals surface area contributed by atoms with Gasteiger partial charge in [0.2, 0.25) is 0 Å². The molecule has 0 heterocycles. The van der Waals surface area contributed by atoms with Crippen LogP contribution in [0.3, 0.4) is 0 Å². The van der Waals surface area contributed by atoms with Gasteiger partial charge in [-0.2, -0.15) is 0 Å². The van der Waals surface area contributed by atoms with Crippen molar-refractivity contribution in [2.24, 2.45) is 0 Å². The van der Waals surface area contributed by atoms with E-state index in [1.807, 2.05) is 13.0 Å². The molecule has 0 unspecified atom stereocenters. The third-order valence-corrected chi connectivity index (χ3v) is 2.62. The lowest BCUT2D eigenvalue weighted by atomic mass is 9.98. The van der Waals surface area contributed by atoms with Crippen LogP contribution >= 0.6 is 15.9 Å². The zero-order valence-electron chi connectivity index (χ0n) is 7.49. The summed E-state index contributed by atoms with van der Waals surface area (Å²) in [6.45, 7) is 5.95. The Morgan fingerprint density at radius 1 is 1.33 bits per heavy atom. The van der Waals surface area contributed by atoms with Crippen LogP contribution in [0.1, 0.15) is 30.9 Å². The van der Waals surface area contributed by atoms with E-state index in [1.165, 1.54) is 0 Å². The molecule has 0 spiro atoms. The van der Waals surface area contributed by atoms with E-state index in [0.717, 1.165) is 11.1 Å². The lowest BCUT2D eigenvalue weighted by Crippen LogP contribution is -1.95. The molecule has 0 fully saturated rings. The van der Waals surface area contributed by atoms with Crippen molar-refractivity contribution in [2.45, 2.75) is 26.7 Å². The molecule has 0 N–H and O–H groups in total. The Kier molecular flexibility index (Phi) is 2.89. The normalized spacial score (nSPS) is 10.8. The molecule has 0 amide bonds. The highest BCUT2D eigenvalue weighted by atomic mass is 79.9. The van der Waals surface area contributed by atoms with Crippen molar-refractivity contribution >= 4 is 15.9 Å². The summed E-state index contributed by atoms with van der Waals surface area (Å²) >= 11 is 3.15. The third kappa shape index (κ3) is 1.69. The highest BCUT2D eigenvalue weighted by Crippen LogP contribution is 2.26. The van der Waals surface area contributed by atoms with Gasteiger partial charge in [-0.25, -0.2) is 4.39 Å². The van der Waals surface area contributed by atoms with Crippen LogP contribution in [-0.2, 0) is 0 Å². The lowest BCUT2D eigenvalue weighted by molar-refractivity contribution is 0.606. The van der Waals surface area contributed by atoms with Gasteiger partial charge >= 0.3 is 0 Å². The molecule has 0 atom stereocenters. The fourth-order valence-electron chi connectivity index (χ4n) is 1.29. The van der Waals surface area contributed by atoms with E-state index < -0.39 is 0 Å². The zero-order chi connectivity index (χ0) is 9.30. The molecular formula is C10H12BrF.